The first-order valence-electron chi connectivity index (χ1n) is 6.46. The molecule has 1 aliphatic heterocycles. The molecule has 1 aliphatic rings. The third-order valence-corrected chi connectivity index (χ3v) is 3.15. The highest BCUT2D eigenvalue weighted by Crippen LogP contribution is 2.22. The van der Waals surface area contributed by atoms with Crippen LogP contribution in [0.25, 0.3) is 0 Å². The molecule has 0 saturated carbocycles. The summed E-state index contributed by atoms with van der Waals surface area (Å²) < 4.78 is 0.877. The number of H-pyrrole nitrogens is 1. The minimum Gasteiger partial charge on any atom is -0.328 e. The molecule has 1 aromatic carbocycles. The van der Waals surface area contributed by atoms with E-state index in [0.29, 0.717) is 5.06 Å². The van der Waals surface area contributed by atoms with Crippen LogP contribution in [0.15, 0.2) is 46.1 Å². The van der Waals surface area contributed by atoms with Gasteiger partial charge < -0.3 is 4.84 Å². The number of aromatic amines is 1. The number of rotatable bonds is 3. The van der Waals surface area contributed by atoms with E-state index < -0.39 is 35.6 Å². The van der Waals surface area contributed by atoms with Crippen LogP contribution in [0.1, 0.15) is 20.7 Å². The van der Waals surface area contributed by atoms with Crippen LogP contribution < -0.4 is 11.2 Å². The summed E-state index contributed by atoms with van der Waals surface area (Å²) in [7, 11) is 0. The second kappa shape index (κ2) is 5.37. The van der Waals surface area contributed by atoms with Crippen molar-refractivity contribution in [1.29, 1.82) is 0 Å². The van der Waals surface area contributed by atoms with Crippen LogP contribution in [0.3, 0.4) is 0 Å². The lowest BCUT2D eigenvalue weighted by molar-refractivity contribution is -0.169. The lowest BCUT2D eigenvalue weighted by Crippen LogP contribution is -2.36. The molecule has 9 heteroatoms. The lowest BCUT2D eigenvalue weighted by atomic mass is 10.1. The highest BCUT2D eigenvalue weighted by molar-refractivity contribution is 6.20. The van der Waals surface area contributed by atoms with Crippen molar-refractivity contribution in [3.63, 3.8) is 0 Å². The van der Waals surface area contributed by atoms with Crippen LogP contribution >= 0.6 is 0 Å². The number of benzene rings is 1. The molecular formula is C14H9N3O6. The number of hydroxylamine groups is 2. The molecule has 2 amide bonds. The number of nitrogens with one attached hydrogen (secondary N) is 1. The van der Waals surface area contributed by atoms with Gasteiger partial charge in [0, 0.05) is 12.3 Å². The summed E-state index contributed by atoms with van der Waals surface area (Å²) in [4.78, 5) is 65.0. The Labute approximate surface area is 127 Å². The summed E-state index contributed by atoms with van der Waals surface area (Å²) in [6.07, 6.45) is 1.10. The van der Waals surface area contributed by atoms with Gasteiger partial charge in [0.1, 0.15) is 6.54 Å². The van der Waals surface area contributed by atoms with E-state index in [9.17, 15) is 24.0 Å². The second-order valence-corrected chi connectivity index (χ2v) is 4.65. The smallest absolute Gasteiger partial charge is 0.328 e. The van der Waals surface area contributed by atoms with Gasteiger partial charge in [0.05, 0.1) is 11.1 Å². The van der Waals surface area contributed by atoms with Crippen molar-refractivity contribution in [2.24, 2.45) is 0 Å². The van der Waals surface area contributed by atoms with Gasteiger partial charge >= 0.3 is 11.7 Å². The Morgan fingerprint density at radius 3 is 2.17 bits per heavy atom. The van der Waals surface area contributed by atoms with Crippen molar-refractivity contribution in [2.45, 2.75) is 6.54 Å². The zero-order chi connectivity index (χ0) is 16.6. The number of hydrogen-bond acceptors (Lipinski definition) is 6. The highest BCUT2D eigenvalue weighted by atomic mass is 16.7. The molecule has 2 heterocycles. The Morgan fingerprint density at radius 2 is 1.61 bits per heavy atom. The molecule has 116 valence electrons. The molecule has 0 aliphatic carbocycles. The molecule has 0 saturated heterocycles. The average molecular weight is 315 g/mol. The Morgan fingerprint density at radius 1 is 1.00 bits per heavy atom. The van der Waals surface area contributed by atoms with E-state index in [1.807, 2.05) is 4.98 Å². The molecule has 1 N–H and O–H groups in total. The Bertz CT molecular complexity index is 907. The quantitative estimate of drug-likeness (QED) is 0.748. The van der Waals surface area contributed by atoms with E-state index in [2.05, 4.69) is 0 Å². The molecular weight excluding hydrogens is 306 g/mol. The predicted molar refractivity (Wildman–Crippen MR) is 74.4 cm³/mol. The fourth-order valence-electron chi connectivity index (χ4n) is 2.09. The summed E-state index contributed by atoms with van der Waals surface area (Å²) >= 11 is 0. The van der Waals surface area contributed by atoms with Crippen LogP contribution in [0.2, 0.25) is 0 Å². The maximum atomic E-state index is 12.0. The van der Waals surface area contributed by atoms with E-state index in [4.69, 9.17) is 4.84 Å². The van der Waals surface area contributed by atoms with Gasteiger partial charge in [0.15, 0.2) is 0 Å². The van der Waals surface area contributed by atoms with E-state index >= 15 is 0 Å². The predicted octanol–water partition coefficient (Wildman–Crippen LogP) is -0.709. The summed E-state index contributed by atoms with van der Waals surface area (Å²) in [6, 6.07) is 7.09. The van der Waals surface area contributed by atoms with Gasteiger partial charge in [0.2, 0.25) is 0 Å². The molecule has 0 bridgehead atoms. The van der Waals surface area contributed by atoms with Gasteiger partial charge in [-0.05, 0) is 12.1 Å². The third-order valence-electron chi connectivity index (χ3n) is 3.15. The number of hydrogen-bond donors (Lipinski definition) is 1. The van der Waals surface area contributed by atoms with E-state index in [-0.39, 0.29) is 11.1 Å². The summed E-state index contributed by atoms with van der Waals surface area (Å²) in [5.74, 6) is -2.52. The summed E-state index contributed by atoms with van der Waals surface area (Å²) in [5, 5.41) is 0.351. The van der Waals surface area contributed by atoms with E-state index in [1.165, 1.54) is 12.1 Å². The van der Waals surface area contributed by atoms with Crippen molar-refractivity contribution < 1.29 is 19.2 Å². The average Bonchev–Trinajstić information content (AvgIpc) is 2.76. The third kappa shape index (κ3) is 2.55. The largest absolute Gasteiger partial charge is 0.352 e. The normalized spacial score (nSPS) is 13.1. The maximum absolute atomic E-state index is 12.0. The molecule has 23 heavy (non-hydrogen) atoms. The van der Waals surface area contributed by atoms with Crippen LogP contribution in [0.4, 0.5) is 0 Å². The first-order chi connectivity index (χ1) is 11.0. The van der Waals surface area contributed by atoms with Crippen molar-refractivity contribution in [2.75, 3.05) is 0 Å². The minimum absolute atomic E-state index is 0.131. The number of amides is 2. The summed E-state index contributed by atoms with van der Waals surface area (Å²) in [5.41, 5.74) is -1.16. The Balaban J connectivity index is 1.77. The van der Waals surface area contributed by atoms with Crippen LogP contribution in [-0.2, 0) is 16.2 Å². The van der Waals surface area contributed by atoms with Gasteiger partial charge in [-0.2, -0.15) is 0 Å². The minimum atomic E-state index is -1.01. The molecule has 0 atom stereocenters. The number of aromatic nitrogens is 2. The monoisotopic (exact) mass is 315 g/mol. The molecule has 0 unspecified atom stereocenters. The van der Waals surface area contributed by atoms with Gasteiger partial charge in [-0.1, -0.05) is 17.2 Å². The molecule has 1 aromatic heterocycles. The molecule has 3 rings (SSSR count). The lowest BCUT2D eigenvalue weighted by Gasteiger charge is -2.13. The number of nitrogens with zero attached hydrogens (tertiary/aromatic N) is 2. The number of fused-ring (bicyclic) bond motifs is 1. The fourth-order valence-corrected chi connectivity index (χ4v) is 2.09. The molecule has 0 spiro atoms. The Kier molecular flexibility index (Phi) is 3.37. The van der Waals surface area contributed by atoms with Crippen LogP contribution in [0, 0.1) is 0 Å². The van der Waals surface area contributed by atoms with E-state index in [1.54, 1.807) is 12.1 Å². The van der Waals surface area contributed by atoms with Crippen molar-refractivity contribution >= 4 is 17.8 Å². The van der Waals surface area contributed by atoms with Gasteiger partial charge in [-0.25, -0.2) is 9.59 Å². The fraction of sp³-hybridized carbons (Fsp3) is 0.0714. The Hall–Kier alpha value is -3.49. The van der Waals surface area contributed by atoms with Crippen molar-refractivity contribution in [3.8, 4) is 0 Å². The van der Waals surface area contributed by atoms with Gasteiger partial charge in [-0.15, -0.1) is 0 Å². The molecule has 9 nitrogen and oxygen atoms in total. The number of carbonyl (C=O) groups is 3. The summed E-state index contributed by atoms with van der Waals surface area (Å²) in [6.45, 7) is -0.566. The number of imide groups is 1. The molecule has 0 radical (unpaired) electrons. The SMILES string of the molecule is O=C(Cn1ccc(=O)[nH]c1=O)ON1C(=O)c2ccccc2C1=O. The maximum Gasteiger partial charge on any atom is 0.352 e. The number of carbonyl (C=O) groups excluding carboxylic acids is 3. The van der Waals surface area contributed by atoms with Crippen LogP contribution in [-0.4, -0.2) is 32.4 Å². The second-order valence-electron chi connectivity index (χ2n) is 4.65. The van der Waals surface area contributed by atoms with Crippen LogP contribution in [0.5, 0.6) is 0 Å². The van der Waals surface area contributed by atoms with Gasteiger partial charge in [0.25, 0.3) is 17.4 Å². The topological polar surface area (TPSA) is 119 Å². The first-order valence-corrected chi connectivity index (χ1v) is 6.46. The van der Waals surface area contributed by atoms with Gasteiger partial charge in [-0.3, -0.25) is 23.9 Å². The molecule has 0 fully saturated rings. The zero-order valence-corrected chi connectivity index (χ0v) is 11.5. The molecule has 2 aromatic rings. The standard InChI is InChI=1S/C14H9N3O6/c18-10-5-6-16(14(22)15-10)7-11(19)23-17-12(20)8-3-1-2-4-9(8)13(17)21/h1-6H,7H2,(H,15,18,22). The first kappa shape index (κ1) is 14.4. The van der Waals surface area contributed by atoms with E-state index in [0.717, 1.165) is 16.8 Å². The highest BCUT2D eigenvalue weighted by Gasteiger charge is 2.38. The van der Waals surface area contributed by atoms with Crippen molar-refractivity contribution in [3.05, 3.63) is 68.5 Å². The zero-order valence-electron chi connectivity index (χ0n) is 11.5. The van der Waals surface area contributed by atoms with Crippen molar-refractivity contribution in [1.82, 2.24) is 14.6 Å².